The third kappa shape index (κ3) is 12.1. The molecule has 2 aromatic carbocycles. The van der Waals surface area contributed by atoms with Crippen LogP contribution in [0.5, 0.6) is 0 Å². The number of anilines is 1. The molecule has 0 aliphatic carbocycles. The number of unbranched alkanes of at least 4 members (excludes halogenated alkanes) is 3. The Morgan fingerprint density at radius 2 is 1.66 bits per heavy atom. The lowest BCUT2D eigenvalue weighted by Crippen LogP contribution is -2.44. The number of rotatable bonds is 8. The van der Waals surface area contributed by atoms with Gasteiger partial charge < -0.3 is 20.9 Å². The number of halogens is 1. The largest absolute Gasteiger partial charge is 0.469 e. The Kier molecular flexibility index (Phi) is 14.1. The predicted molar refractivity (Wildman–Crippen MR) is 193 cm³/mol. The van der Waals surface area contributed by atoms with Crippen LogP contribution in [0.4, 0.5) is 10.6 Å². The fraction of sp³-hybridized carbons (Fsp3) is 0.297. The van der Waals surface area contributed by atoms with Gasteiger partial charge in [-0.2, -0.15) is 0 Å². The Labute approximate surface area is 296 Å². The summed E-state index contributed by atoms with van der Waals surface area (Å²) in [4.78, 5) is 55.6. The molecule has 4 rings (SSSR count). The number of carbonyl (C=O) groups excluding carboxylic acids is 4. The molecule has 0 saturated heterocycles. The van der Waals surface area contributed by atoms with E-state index < -0.39 is 23.5 Å². The van der Waals surface area contributed by atoms with Crippen LogP contribution in [0.25, 0.3) is 22.2 Å². The number of esters is 1. The van der Waals surface area contributed by atoms with E-state index >= 15 is 0 Å². The van der Waals surface area contributed by atoms with Crippen LogP contribution in [0, 0.1) is 11.8 Å². The lowest BCUT2D eigenvalue weighted by atomic mass is 10.0. The molecule has 13 heteroatoms. The van der Waals surface area contributed by atoms with Gasteiger partial charge in [-0.15, -0.1) is 0 Å². The minimum Gasteiger partial charge on any atom is -0.469 e. The van der Waals surface area contributed by atoms with Crippen LogP contribution < -0.4 is 22.3 Å². The first-order chi connectivity index (χ1) is 23.7. The van der Waals surface area contributed by atoms with E-state index in [1.807, 2.05) is 0 Å². The number of nitrogens with zero attached hydrogens (tertiary/aromatic N) is 2. The second kappa shape index (κ2) is 18.2. The van der Waals surface area contributed by atoms with Crippen molar-refractivity contribution in [2.45, 2.75) is 65.4 Å². The van der Waals surface area contributed by atoms with Crippen molar-refractivity contribution < 1.29 is 28.7 Å². The van der Waals surface area contributed by atoms with Gasteiger partial charge in [0.15, 0.2) is 0 Å². The highest BCUT2D eigenvalue weighted by atomic mass is 35.5. The zero-order valence-electron chi connectivity index (χ0n) is 28.7. The summed E-state index contributed by atoms with van der Waals surface area (Å²) in [5.41, 5.74) is 18.4. The number of carbonyl (C=O) groups is 4. The lowest BCUT2D eigenvalue weighted by molar-refractivity contribution is -0.140. The highest BCUT2D eigenvalue weighted by Gasteiger charge is 2.19. The van der Waals surface area contributed by atoms with Crippen molar-refractivity contribution in [3.63, 3.8) is 0 Å². The summed E-state index contributed by atoms with van der Waals surface area (Å²) in [6, 6.07) is 15.0. The molecule has 0 spiro atoms. The van der Waals surface area contributed by atoms with Gasteiger partial charge >= 0.3 is 12.1 Å². The van der Waals surface area contributed by atoms with Gasteiger partial charge in [-0.3, -0.25) is 19.8 Å². The number of hydrogen-bond acceptors (Lipinski definition) is 9. The van der Waals surface area contributed by atoms with Gasteiger partial charge in [-0.25, -0.2) is 20.2 Å². The van der Waals surface area contributed by atoms with E-state index in [9.17, 15) is 19.2 Å². The number of hydrazine groups is 1. The smallest absolute Gasteiger partial charge is 0.426 e. The van der Waals surface area contributed by atoms with Crippen LogP contribution >= 0.6 is 11.6 Å². The molecule has 12 nitrogen and oxygen atoms in total. The summed E-state index contributed by atoms with van der Waals surface area (Å²) >= 11 is 6.22. The number of methoxy groups -OCH3 is 1. The number of aromatic nitrogens is 2. The summed E-state index contributed by atoms with van der Waals surface area (Å²) in [6.07, 6.45) is 5.77. The SMILES string of the molecule is CC(C)(C)OC(=O)NNC(=O)c1cc(-c2ccc(C#Cc3ccc(C(N)=O)cc3Cl)cc2)nc2cc(N)ncc12.CCCCCCC(=O)OC. The number of nitrogens with one attached hydrogen (secondary N) is 2. The van der Waals surface area contributed by atoms with E-state index in [0.717, 1.165) is 12.8 Å². The summed E-state index contributed by atoms with van der Waals surface area (Å²) in [5, 5.41) is 0.768. The highest BCUT2D eigenvalue weighted by Crippen LogP contribution is 2.26. The van der Waals surface area contributed by atoms with E-state index in [1.165, 1.54) is 32.2 Å². The van der Waals surface area contributed by atoms with Crippen molar-refractivity contribution in [2.75, 3.05) is 12.8 Å². The summed E-state index contributed by atoms with van der Waals surface area (Å²) in [7, 11) is 1.43. The Hall–Kier alpha value is -5.67. The van der Waals surface area contributed by atoms with Crippen LogP contribution in [0.1, 0.15) is 91.6 Å². The molecule has 0 bridgehead atoms. The first kappa shape index (κ1) is 38.8. The normalized spacial score (nSPS) is 10.5. The van der Waals surface area contributed by atoms with Crippen molar-refractivity contribution in [3.05, 3.63) is 88.1 Å². The van der Waals surface area contributed by atoms with Crippen molar-refractivity contribution in [2.24, 2.45) is 5.73 Å². The third-order valence-electron chi connectivity index (χ3n) is 6.87. The minimum atomic E-state index is -0.802. The van der Waals surface area contributed by atoms with Crippen molar-refractivity contribution in [3.8, 4) is 23.1 Å². The van der Waals surface area contributed by atoms with E-state index in [4.69, 9.17) is 27.8 Å². The second-order valence-electron chi connectivity index (χ2n) is 12.0. The molecule has 0 aliphatic heterocycles. The molecule has 4 aromatic rings. The van der Waals surface area contributed by atoms with Gasteiger partial charge in [-0.05, 0) is 63.6 Å². The molecule has 2 heterocycles. The zero-order valence-corrected chi connectivity index (χ0v) is 29.4. The van der Waals surface area contributed by atoms with Crippen LogP contribution in [0.2, 0.25) is 5.02 Å². The maximum Gasteiger partial charge on any atom is 0.426 e. The average Bonchev–Trinajstić information content (AvgIpc) is 3.07. The molecule has 2 aromatic heterocycles. The Bertz CT molecular complexity index is 1910. The third-order valence-corrected chi connectivity index (χ3v) is 7.19. The maximum absolute atomic E-state index is 13.0. The second-order valence-corrected chi connectivity index (χ2v) is 12.4. The minimum absolute atomic E-state index is 0.0869. The fourth-order valence-corrected chi connectivity index (χ4v) is 4.61. The molecule has 0 aliphatic rings. The number of amides is 3. The van der Waals surface area contributed by atoms with Gasteiger partial charge in [0.2, 0.25) is 5.91 Å². The van der Waals surface area contributed by atoms with E-state index in [2.05, 4.69) is 44.3 Å². The first-order valence-electron chi connectivity index (χ1n) is 15.8. The molecule has 0 saturated carbocycles. The predicted octanol–water partition coefficient (Wildman–Crippen LogP) is 6.33. The van der Waals surface area contributed by atoms with Crippen molar-refractivity contribution in [1.82, 2.24) is 20.8 Å². The van der Waals surface area contributed by atoms with Gasteiger partial charge in [0.05, 0.1) is 28.9 Å². The number of nitrogen functional groups attached to an aromatic ring is 1. The number of benzene rings is 2. The number of pyridine rings is 2. The quantitative estimate of drug-likeness (QED) is 0.0704. The molecular weight excluding hydrogens is 660 g/mol. The van der Waals surface area contributed by atoms with Crippen LogP contribution in [-0.4, -0.2) is 46.6 Å². The topological polar surface area (TPSA) is 189 Å². The van der Waals surface area contributed by atoms with Gasteiger partial charge in [0.25, 0.3) is 5.91 Å². The molecule has 0 unspecified atom stereocenters. The Morgan fingerprint density at radius 1 is 0.940 bits per heavy atom. The van der Waals surface area contributed by atoms with E-state index in [-0.39, 0.29) is 17.4 Å². The molecule has 262 valence electrons. The van der Waals surface area contributed by atoms with Crippen LogP contribution in [-0.2, 0) is 14.3 Å². The first-order valence-corrected chi connectivity index (χ1v) is 16.2. The van der Waals surface area contributed by atoms with E-state index in [0.29, 0.717) is 50.3 Å². The molecular formula is C37H41ClN6O6. The summed E-state index contributed by atoms with van der Waals surface area (Å²) < 4.78 is 9.65. The number of primary amides is 1. The fourth-order valence-electron chi connectivity index (χ4n) is 4.38. The zero-order chi connectivity index (χ0) is 36.8. The molecule has 0 fully saturated rings. The van der Waals surface area contributed by atoms with Gasteiger partial charge in [0.1, 0.15) is 11.4 Å². The van der Waals surface area contributed by atoms with Crippen LogP contribution in [0.3, 0.4) is 0 Å². The standard InChI is InChI=1S/C29H25ClN6O4.C8H16O2/c1-29(2,3)40-28(39)36-35-27(38)20-13-23(34-24-14-25(31)33-15-21(20)24)18-8-5-16(6-9-18)4-7-17-10-11-19(26(32)37)12-22(17)30;1-3-4-5-6-7-8(9)10-2/h5-6,8-15H,1-3H3,(H2,31,33)(H2,32,37)(H,35,38)(H,36,39);3-7H2,1-2H3. The van der Waals surface area contributed by atoms with Gasteiger partial charge in [-0.1, -0.05) is 61.8 Å². The number of nitrogens with two attached hydrogens (primary N) is 2. The summed E-state index contributed by atoms with van der Waals surface area (Å²) in [5.74, 6) is 5.00. The lowest BCUT2D eigenvalue weighted by Gasteiger charge is -2.20. The van der Waals surface area contributed by atoms with Crippen molar-refractivity contribution >= 4 is 52.2 Å². The van der Waals surface area contributed by atoms with Gasteiger partial charge in [0, 0.05) is 46.3 Å². The molecule has 50 heavy (non-hydrogen) atoms. The number of fused-ring (bicyclic) bond motifs is 1. The average molecular weight is 701 g/mol. The van der Waals surface area contributed by atoms with Crippen molar-refractivity contribution in [1.29, 1.82) is 0 Å². The molecule has 6 N–H and O–H groups in total. The van der Waals surface area contributed by atoms with Crippen LogP contribution in [0.15, 0.2) is 60.8 Å². The molecule has 3 amide bonds. The monoisotopic (exact) mass is 700 g/mol. The molecule has 0 atom stereocenters. The Balaban J connectivity index is 0.000000588. The maximum atomic E-state index is 13.0. The number of hydrogen-bond donors (Lipinski definition) is 4. The van der Waals surface area contributed by atoms with E-state index in [1.54, 1.807) is 69.3 Å². The summed E-state index contributed by atoms with van der Waals surface area (Å²) in [6.45, 7) is 7.28. The molecule has 0 radical (unpaired) electrons. The highest BCUT2D eigenvalue weighted by molar-refractivity contribution is 6.32. The Morgan fingerprint density at radius 3 is 2.28 bits per heavy atom. The number of ether oxygens (including phenoxy) is 2.